The standard InChI is InChI=1S/C8H15Cl2N2/c1-5(2)7-8(10)12(3)6(9)4-11-7/h5-8H,4H2,1-3H3. The fourth-order valence-corrected chi connectivity index (χ4v) is 2.11. The maximum absolute atomic E-state index is 6.17. The smallest absolute Gasteiger partial charge is 0.103 e. The van der Waals surface area contributed by atoms with E-state index in [2.05, 4.69) is 19.2 Å². The zero-order valence-corrected chi connectivity index (χ0v) is 9.18. The normalized spacial score (nSPS) is 39.0. The highest BCUT2D eigenvalue weighted by Gasteiger charge is 2.34. The lowest BCUT2D eigenvalue weighted by Gasteiger charge is -2.39. The number of piperazine rings is 1. The van der Waals surface area contributed by atoms with Crippen LogP contribution in [0.1, 0.15) is 13.8 Å². The van der Waals surface area contributed by atoms with E-state index >= 15 is 0 Å². The number of alkyl halides is 2. The Bertz CT molecular complexity index is 152. The van der Waals surface area contributed by atoms with Crippen molar-refractivity contribution in [3.8, 4) is 0 Å². The molecule has 0 aliphatic carbocycles. The summed E-state index contributed by atoms with van der Waals surface area (Å²) in [6.45, 7) is 4.95. The summed E-state index contributed by atoms with van der Waals surface area (Å²) in [4.78, 5) is 1.97. The largest absolute Gasteiger partial charge is 0.272 e. The minimum atomic E-state index is -0.0544. The van der Waals surface area contributed by atoms with Gasteiger partial charge in [-0.15, -0.1) is 23.2 Å². The third-order valence-electron chi connectivity index (χ3n) is 2.26. The van der Waals surface area contributed by atoms with Crippen molar-refractivity contribution in [3.63, 3.8) is 0 Å². The van der Waals surface area contributed by atoms with Crippen LogP contribution in [0, 0.1) is 5.92 Å². The van der Waals surface area contributed by atoms with Gasteiger partial charge in [-0.2, -0.15) is 0 Å². The Balaban J connectivity index is 2.58. The van der Waals surface area contributed by atoms with E-state index in [4.69, 9.17) is 23.2 Å². The molecule has 0 N–H and O–H groups in total. The first kappa shape index (κ1) is 10.6. The molecule has 2 nitrogen and oxygen atoms in total. The van der Waals surface area contributed by atoms with E-state index in [1.54, 1.807) is 0 Å². The fraction of sp³-hybridized carbons (Fsp3) is 1.00. The van der Waals surface area contributed by atoms with Crippen molar-refractivity contribution in [1.29, 1.82) is 0 Å². The lowest BCUT2D eigenvalue weighted by molar-refractivity contribution is 0.155. The van der Waals surface area contributed by atoms with E-state index in [-0.39, 0.29) is 17.0 Å². The van der Waals surface area contributed by atoms with Gasteiger partial charge in [-0.25, -0.2) is 5.32 Å². The molecule has 0 aromatic heterocycles. The molecule has 3 atom stereocenters. The second-order valence-electron chi connectivity index (χ2n) is 3.57. The molecule has 3 unspecified atom stereocenters. The van der Waals surface area contributed by atoms with Crippen LogP contribution in [0.5, 0.6) is 0 Å². The van der Waals surface area contributed by atoms with Gasteiger partial charge in [0.15, 0.2) is 0 Å². The lowest BCUT2D eigenvalue weighted by atomic mass is 10.0. The average Bonchev–Trinajstić information content (AvgIpc) is 2.00. The van der Waals surface area contributed by atoms with E-state index in [9.17, 15) is 0 Å². The Morgan fingerprint density at radius 2 is 2.00 bits per heavy atom. The molecule has 1 saturated heterocycles. The Labute approximate surface area is 84.2 Å². The number of nitrogens with zero attached hydrogens (tertiary/aromatic N) is 2. The average molecular weight is 210 g/mol. The van der Waals surface area contributed by atoms with Gasteiger partial charge >= 0.3 is 0 Å². The Kier molecular flexibility index (Phi) is 3.65. The van der Waals surface area contributed by atoms with Gasteiger partial charge in [0.05, 0.1) is 6.04 Å². The third kappa shape index (κ3) is 2.05. The minimum Gasteiger partial charge on any atom is -0.272 e. The van der Waals surface area contributed by atoms with Crippen LogP contribution in [0.15, 0.2) is 0 Å². The predicted molar refractivity (Wildman–Crippen MR) is 52.7 cm³/mol. The van der Waals surface area contributed by atoms with Gasteiger partial charge in [0.2, 0.25) is 0 Å². The molecule has 0 bridgehead atoms. The molecule has 0 amide bonds. The highest BCUT2D eigenvalue weighted by atomic mass is 35.5. The first-order valence-corrected chi connectivity index (χ1v) is 5.08. The summed E-state index contributed by atoms with van der Waals surface area (Å²) in [6.07, 6.45) is 0. The topological polar surface area (TPSA) is 17.3 Å². The molecule has 0 aromatic rings. The molecule has 0 aromatic carbocycles. The molecular formula is C8H15Cl2N2. The Hall–Kier alpha value is 0.500. The van der Waals surface area contributed by atoms with E-state index < -0.39 is 0 Å². The van der Waals surface area contributed by atoms with Gasteiger partial charge in [0, 0.05) is 6.54 Å². The number of hydrogen-bond acceptors (Lipinski definition) is 1. The summed E-state index contributed by atoms with van der Waals surface area (Å²) in [7, 11) is 1.94. The first-order valence-electron chi connectivity index (χ1n) is 4.20. The van der Waals surface area contributed by atoms with Crippen LogP contribution in [0.25, 0.3) is 0 Å². The van der Waals surface area contributed by atoms with Crippen molar-refractivity contribution in [2.45, 2.75) is 30.9 Å². The van der Waals surface area contributed by atoms with Gasteiger partial charge in [-0.1, -0.05) is 13.8 Å². The summed E-state index contributed by atoms with van der Waals surface area (Å²) < 4.78 is 0. The Morgan fingerprint density at radius 1 is 1.42 bits per heavy atom. The summed E-state index contributed by atoms with van der Waals surface area (Å²) in [5.74, 6) is 0.485. The quantitative estimate of drug-likeness (QED) is 0.475. The van der Waals surface area contributed by atoms with Gasteiger partial charge in [0.1, 0.15) is 11.0 Å². The number of likely N-dealkylation sites (N-methyl/N-ethyl adjacent to an activating group) is 1. The molecule has 1 aliphatic heterocycles. The molecule has 1 rings (SSSR count). The van der Waals surface area contributed by atoms with E-state index in [0.29, 0.717) is 12.5 Å². The second kappa shape index (κ2) is 4.14. The van der Waals surface area contributed by atoms with Gasteiger partial charge in [0.25, 0.3) is 0 Å². The van der Waals surface area contributed by atoms with Crippen molar-refractivity contribution in [2.75, 3.05) is 13.6 Å². The summed E-state index contributed by atoms with van der Waals surface area (Å²) in [6, 6.07) is 0.215. The molecule has 1 heterocycles. The van der Waals surface area contributed by atoms with E-state index in [1.165, 1.54) is 0 Å². The minimum absolute atomic E-state index is 0.0394. The molecule has 4 heteroatoms. The van der Waals surface area contributed by atoms with Gasteiger partial charge in [-0.05, 0) is 13.0 Å². The van der Waals surface area contributed by atoms with E-state index in [1.807, 2.05) is 11.9 Å². The third-order valence-corrected chi connectivity index (χ3v) is 3.27. The molecule has 1 radical (unpaired) electrons. The van der Waals surface area contributed by atoms with Crippen molar-refractivity contribution in [3.05, 3.63) is 0 Å². The molecular weight excluding hydrogens is 195 g/mol. The van der Waals surface area contributed by atoms with Crippen LogP contribution >= 0.6 is 23.2 Å². The zero-order valence-electron chi connectivity index (χ0n) is 7.67. The molecule has 0 spiro atoms. The van der Waals surface area contributed by atoms with Crippen molar-refractivity contribution < 1.29 is 0 Å². The van der Waals surface area contributed by atoms with Gasteiger partial charge < -0.3 is 0 Å². The SMILES string of the molecule is CC(C)C1[N]CC(Cl)N(C)C1Cl. The van der Waals surface area contributed by atoms with Gasteiger partial charge in [-0.3, -0.25) is 4.90 Å². The van der Waals surface area contributed by atoms with Crippen LogP contribution in [0.2, 0.25) is 0 Å². The number of rotatable bonds is 1. The predicted octanol–water partition coefficient (Wildman–Crippen LogP) is 1.69. The van der Waals surface area contributed by atoms with Crippen LogP contribution in [0.3, 0.4) is 0 Å². The monoisotopic (exact) mass is 209 g/mol. The van der Waals surface area contributed by atoms with Crippen molar-refractivity contribution in [2.24, 2.45) is 5.92 Å². The molecule has 12 heavy (non-hydrogen) atoms. The molecule has 0 saturated carbocycles. The van der Waals surface area contributed by atoms with Crippen LogP contribution < -0.4 is 5.32 Å². The molecule has 71 valence electrons. The summed E-state index contributed by atoms with van der Waals surface area (Å²) in [5, 5.41) is 4.44. The van der Waals surface area contributed by atoms with Crippen LogP contribution in [-0.4, -0.2) is 35.5 Å². The van der Waals surface area contributed by atoms with Crippen LogP contribution in [-0.2, 0) is 0 Å². The summed E-state index contributed by atoms with van der Waals surface area (Å²) in [5.41, 5.74) is -0.0938. The highest BCUT2D eigenvalue weighted by molar-refractivity contribution is 6.23. The van der Waals surface area contributed by atoms with Crippen molar-refractivity contribution >= 4 is 23.2 Å². The maximum Gasteiger partial charge on any atom is 0.103 e. The lowest BCUT2D eigenvalue weighted by Crippen LogP contribution is -2.55. The number of halogens is 2. The maximum atomic E-state index is 6.17. The second-order valence-corrected chi connectivity index (χ2v) is 4.52. The highest BCUT2D eigenvalue weighted by Crippen LogP contribution is 2.23. The molecule has 1 fully saturated rings. The van der Waals surface area contributed by atoms with E-state index in [0.717, 1.165) is 0 Å². The van der Waals surface area contributed by atoms with Crippen molar-refractivity contribution in [1.82, 2.24) is 10.2 Å². The zero-order chi connectivity index (χ0) is 9.30. The van der Waals surface area contributed by atoms with Crippen LogP contribution in [0.4, 0.5) is 0 Å². The Morgan fingerprint density at radius 3 is 2.50 bits per heavy atom. The fourth-order valence-electron chi connectivity index (χ4n) is 1.35. The molecule has 1 aliphatic rings. The number of hydrogen-bond donors (Lipinski definition) is 0. The first-order chi connectivity index (χ1) is 5.54. The summed E-state index contributed by atoms with van der Waals surface area (Å²) >= 11 is 12.2.